The lowest BCUT2D eigenvalue weighted by Gasteiger charge is -2.42. The van der Waals surface area contributed by atoms with E-state index >= 15 is 0 Å². The van der Waals surface area contributed by atoms with Crippen LogP contribution in [0.1, 0.15) is 65.5 Å². The first-order chi connectivity index (χ1) is 16.0. The summed E-state index contributed by atoms with van der Waals surface area (Å²) < 4.78 is 19.6. The van der Waals surface area contributed by atoms with Gasteiger partial charge in [0.1, 0.15) is 17.0 Å². The second-order valence-electron chi connectivity index (χ2n) is 9.28. The van der Waals surface area contributed by atoms with Gasteiger partial charge in [-0.3, -0.25) is 4.79 Å². The number of amides is 2. The Morgan fingerprint density at radius 2 is 1.62 bits per heavy atom. The van der Waals surface area contributed by atoms with Crippen LogP contribution in [0.3, 0.4) is 0 Å². The molecule has 0 bridgehead atoms. The monoisotopic (exact) mass is 472 g/mol. The number of halogens is 1. The molecule has 1 heterocycles. The third kappa shape index (κ3) is 6.79. The summed E-state index contributed by atoms with van der Waals surface area (Å²) in [6.45, 7) is 11.8. The number of nitrogens with zero attached hydrogens (tertiary/aromatic N) is 1. The van der Waals surface area contributed by atoms with E-state index in [2.05, 4.69) is 5.32 Å². The van der Waals surface area contributed by atoms with Gasteiger partial charge in [0.2, 0.25) is 5.91 Å². The molecule has 1 atom stereocenters. The number of carbonyl (C=O) groups excluding carboxylic acids is 2. The van der Waals surface area contributed by atoms with Crippen LogP contribution in [0, 0.1) is 11.7 Å². The van der Waals surface area contributed by atoms with Crippen molar-refractivity contribution < 1.29 is 23.8 Å². The summed E-state index contributed by atoms with van der Waals surface area (Å²) in [5.41, 5.74) is -0.348. The van der Waals surface area contributed by atoms with Gasteiger partial charge in [-0.25, -0.2) is 9.18 Å². The molecular weight excluding hydrogens is 435 g/mol. The van der Waals surface area contributed by atoms with Crippen molar-refractivity contribution in [2.75, 3.05) is 18.4 Å². The molecule has 34 heavy (non-hydrogen) atoms. The summed E-state index contributed by atoms with van der Waals surface area (Å²) in [4.78, 5) is 25.4. The van der Waals surface area contributed by atoms with E-state index in [0.717, 1.165) is 0 Å². The molecule has 2 aromatic rings. The number of likely N-dealkylation sites (tertiary alicyclic amines) is 1. The van der Waals surface area contributed by atoms with Crippen molar-refractivity contribution in [3.8, 4) is 0 Å². The van der Waals surface area contributed by atoms with Gasteiger partial charge in [0.15, 0.2) is 0 Å². The number of nitrogens with one attached hydrogen (secondary N) is 1. The van der Waals surface area contributed by atoms with Crippen molar-refractivity contribution in [1.29, 1.82) is 0 Å². The lowest BCUT2D eigenvalue weighted by molar-refractivity contribution is -0.114. The zero-order valence-electron chi connectivity index (χ0n) is 21.0. The number of rotatable bonds is 4. The minimum absolute atomic E-state index is 0.187. The standard InChI is InChI=1S/C25H31FN2O4.C2H6/c1-17(29)27-22-10-8-18(9-11-22)25(31,20-6-5-7-21(26)16-20)19-12-14-28(15-13-19)23(30)32-24(2,3)4;1-2/h5-11,16,19,31H,12-15H2,1-4H3,(H,27,29);1-2H3. The highest BCUT2D eigenvalue weighted by Crippen LogP contribution is 2.42. The van der Waals surface area contributed by atoms with Gasteiger partial charge < -0.3 is 20.1 Å². The van der Waals surface area contributed by atoms with E-state index in [0.29, 0.717) is 42.7 Å². The minimum Gasteiger partial charge on any atom is -0.444 e. The van der Waals surface area contributed by atoms with Crippen molar-refractivity contribution in [1.82, 2.24) is 4.90 Å². The van der Waals surface area contributed by atoms with E-state index in [4.69, 9.17) is 4.74 Å². The normalized spacial score (nSPS) is 16.1. The van der Waals surface area contributed by atoms with Crippen LogP contribution < -0.4 is 5.32 Å². The molecule has 2 amide bonds. The molecule has 1 fully saturated rings. The van der Waals surface area contributed by atoms with E-state index in [9.17, 15) is 19.1 Å². The van der Waals surface area contributed by atoms with Gasteiger partial charge in [-0.2, -0.15) is 0 Å². The Morgan fingerprint density at radius 3 is 2.12 bits per heavy atom. The Hall–Kier alpha value is -2.93. The molecule has 0 spiro atoms. The van der Waals surface area contributed by atoms with Gasteiger partial charge in [-0.1, -0.05) is 38.1 Å². The first-order valence-electron chi connectivity index (χ1n) is 11.8. The fraction of sp³-hybridized carbons (Fsp3) is 0.481. The van der Waals surface area contributed by atoms with E-state index < -0.39 is 17.0 Å². The Bertz CT molecular complexity index is 963. The van der Waals surface area contributed by atoms with E-state index in [1.807, 2.05) is 34.6 Å². The summed E-state index contributed by atoms with van der Waals surface area (Å²) in [6.07, 6.45) is 0.685. The Morgan fingerprint density at radius 1 is 1.03 bits per heavy atom. The van der Waals surface area contributed by atoms with Gasteiger partial charge >= 0.3 is 6.09 Å². The topological polar surface area (TPSA) is 78.9 Å². The zero-order chi connectivity index (χ0) is 25.5. The number of piperidine rings is 1. The summed E-state index contributed by atoms with van der Waals surface area (Å²) in [5, 5.41) is 14.7. The maximum absolute atomic E-state index is 14.1. The van der Waals surface area contributed by atoms with Gasteiger partial charge in [0, 0.05) is 25.7 Å². The predicted molar refractivity (Wildman–Crippen MR) is 132 cm³/mol. The third-order valence-corrected chi connectivity index (χ3v) is 5.65. The summed E-state index contributed by atoms with van der Waals surface area (Å²) >= 11 is 0. The molecule has 1 aliphatic rings. The average Bonchev–Trinajstić information content (AvgIpc) is 2.79. The Kier molecular flexibility index (Phi) is 9.21. The summed E-state index contributed by atoms with van der Waals surface area (Å²) in [5.74, 6) is -0.857. The molecule has 0 saturated carbocycles. The third-order valence-electron chi connectivity index (χ3n) is 5.65. The largest absolute Gasteiger partial charge is 0.444 e. The quantitative estimate of drug-likeness (QED) is 0.599. The van der Waals surface area contributed by atoms with Gasteiger partial charge in [-0.05, 0) is 74.9 Å². The smallest absolute Gasteiger partial charge is 0.410 e. The van der Waals surface area contributed by atoms with Gasteiger partial charge in [-0.15, -0.1) is 0 Å². The molecule has 3 rings (SSSR count). The number of benzene rings is 2. The maximum Gasteiger partial charge on any atom is 0.410 e. The molecule has 0 radical (unpaired) electrons. The van der Waals surface area contributed by atoms with Crippen LogP contribution in [-0.4, -0.2) is 40.7 Å². The van der Waals surface area contributed by atoms with Crippen molar-refractivity contribution in [2.24, 2.45) is 5.92 Å². The average molecular weight is 473 g/mol. The van der Waals surface area contributed by atoms with Gasteiger partial charge in [0.25, 0.3) is 0 Å². The van der Waals surface area contributed by atoms with Crippen LogP contribution in [0.4, 0.5) is 14.9 Å². The molecule has 1 saturated heterocycles. The van der Waals surface area contributed by atoms with E-state index in [1.165, 1.54) is 19.1 Å². The number of anilines is 1. The van der Waals surface area contributed by atoms with Crippen molar-refractivity contribution >= 4 is 17.7 Å². The molecule has 6 nitrogen and oxygen atoms in total. The Balaban J connectivity index is 0.00000199. The van der Waals surface area contributed by atoms with Crippen molar-refractivity contribution in [2.45, 2.75) is 65.6 Å². The number of hydrogen-bond acceptors (Lipinski definition) is 4. The second kappa shape index (κ2) is 11.5. The first-order valence-corrected chi connectivity index (χ1v) is 11.8. The van der Waals surface area contributed by atoms with E-state index in [-0.39, 0.29) is 17.9 Å². The Labute approximate surface area is 202 Å². The lowest BCUT2D eigenvalue weighted by Crippen LogP contribution is -2.47. The fourth-order valence-electron chi connectivity index (χ4n) is 4.18. The summed E-state index contributed by atoms with van der Waals surface area (Å²) in [6, 6.07) is 12.9. The van der Waals surface area contributed by atoms with Crippen LogP contribution >= 0.6 is 0 Å². The lowest BCUT2D eigenvalue weighted by atomic mass is 9.72. The van der Waals surface area contributed by atoms with Crippen LogP contribution in [0.5, 0.6) is 0 Å². The SMILES string of the molecule is CC.CC(=O)Nc1ccc(C(O)(c2cccc(F)c2)C2CCN(C(=O)OC(C)(C)C)CC2)cc1. The molecule has 2 N–H and O–H groups in total. The van der Waals surface area contributed by atoms with Crippen LogP contribution in [-0.2, 0) is 15.1 Å². The minimum atomic E-state index is -1.45. The molecule has 0 aliphatic carbocycles. The molecular formula is C27H37FN2O4. The fourth-order valence-corrected chi connectivity index (χ4v) is 4.18. The summed E-state index contributed by atoms with van der Waals surface area (Å²) in [7, 11) is 0. The van der Waals surface area contributed by atoms with Crippen molar-refractivity contribution in [3.05, 3.63) is 65.5 Å². The van der Waals surface area contributed by atoms with E-state index in [1.54, 1.807) is 41.3 Å². The maximum atomic E-state index is 14.1. The van der Waals surface area contributed by atoms with Crippen LogP contribution in [0.15, 0.2) is 48.5 Å². The number of hydrogen-bond donors (Lipinski definition) is 2. The molecule has 1 unspecified atom stereocenters. The zero-order valence-corrected chi connectivity index (χ0v) is 21.0. The predicted octanol–water partition coefficient (Wildman–Crippen LogP) is 5.69. The van der Waals surface area contributed by atoms with Crippen molar-refractivity contribution in [3.63, 3.8) is 0 Å². The number of aliphatic hydroxyl groups is 1. The highest BCUT2D eigenvalue weighted by molar-refractivity contribution is 5.88. The molecule has 186 valence electrons. The van der Waals surface area contributed by atoms with Crippen LogP contribution in [0.25, 0.3) is 0 Å². The van der Waals surface area contributed by atoms with Gasteiger partial charge in [0.05, 0.1) is 0 Å². The molecule has 7 heteroatoms. The molecule has 1 aliphatic heterocycles. The molecule has 0 aromatic heterocycles. The first kappa shape index (κ1) is 27.3. The highest BCUT2D eigenvalue weighted by atomic mass is 19.1. The number of carbonyl (C=O) groups is 2. The number of ether oxygens (including phenoxy) is 1. The highest BCUT2D eigenvalue weighted by Gasteiger charge is 2.42. The molecule has 2 aromatic carbocycles. The second-order valence-corrected chi connectivity index (χ2v) is 9.28. The van der Waals surface area contributed by atoms with Crippen LogP contribution in [0.2, 0.25) is 0 Å².